The van der Waals surface area contributed by atoms with Gasteiger partial charge in [-0.3, -0.25) is 0 Å². The Kier molecular flexibility index (Phi) is 6.07. The summed E-state index contributed by atoms with van der Waals surface area (Å²) in [5.74, 6) is 0. The summed E-state index contributed by atoms with van der Waals surface area (Å²) in [6.07, 6.45) is 9.70. The average molecular weight is 424 g/mol. The van der Waals surface area contributed by atoms with Crippen molar-refractivity contribution in [2.75, 3.05) is 0 Å². The van der Waals surface area contributed by atoms with Crippen LogP contribution in [0.15, 0.2) is 60.7 Å². The van der Waals surface area contributed by atoms with Gasteiger partial charge in [0.1, 0.15) is 0 Å². The van der Waals surface area contributed by atoms with Gasteiger partial charge in [0.2, 0.25) is 0 Å². The third-order valence-electron chi connectivity index (χ3n) is 4.58. The van der Waals surface area contributed by atoms with Crippen molar-refractivity contribution in [3.8, 4) is 0 Å². The Balaban J connectivity index is 0.000000882. The molecule has 0 spiro atoms. The molecule has 0 aromatic heterocycles. The summed E-state index contributed by atoms with van der Waals surface area (Å²) in [6.45, 7) is 0. The van der Waals surface area contributed by atoms with Gasteiger partial charge in [-0.2, -0.15) is 0 Å². The summed E-state index contributed by atoms with van der Waals surface area (Å²) >= 11 is -1.46. The standard InChI is InChI=1S/2C9H7.2ClH.H3Si.Zr/c2*1-2-5-9-7-3-6-8(9)4-1;;;;/h2*1-7H;2*1H;1H3;/q;;;;;+2/p-2. The van der Waals surface area contributed by atoms with Crippen molar-refractivity contribution in [2.24, 2.45) is 0 Å². The molecule has 0 heterocycles. The fraction of sp³-hybridized carbons (Fsp3) is 0.111. The van der Waals surface area contributed by atoms with Crippen LogP contribution in [0.5, 0.6) is 0 Å². The van der Waals surface area contributed by atoms with Crippen LogP contribution in [0.4, 0.5) is 0 Å². The Labute approximate surface area is 154 Å². The maximum atomic E-state index is 2.50. The van der Waals surface area contributed by atoms with Gasteiger partial charge in [-0.25, -0.2) is 0 Å². The first kappa shape index (κ1) is 17.9. The molecule has 111 valence electrons. The van der Waals surface area contributed by atoms with Crippen LogP contribution in [-0.2, 0) is 20.9 Å². The van der Waals surface area contributed by atoms with Crippen LogP contribution in [0.1, 0.15) is 29.5 Å². The Hall–Kier alpha value is -0.400. The SMILES string of the molecule is [Cl-].[Cl-].[SiH3][Zr+2]([CH]1C=Cc2ccccc21)[CH]1C=Cc2ccccc21. The Morgan fingerprint density at radius 2 is 1.09 bits per heavy atom. The molecular formula is C18H17Cl2SiZr. The molecule has 0 nitrogen and oxygen atoms in total. The second kappa shape index (κ2) is 7.45. The molecule has 2 aromatic rings. The van der Waals surface area contributed by atoms with Gasteiger partial charge in [0.25, 0.3) is 0 Å². The fourth-order valence-electron chi connectivity index (χ4n) is 3.49. The molecule has 0 aliphatic heterocycles. The molecule has 2 aliphatic carbocycles. The summed E-state index contributed by atoms with van der Waals surface area (Å²) < 4.78 is 1.59. The molecule has 4 heteroatoms. The van der Waals surface area contributed by atoms with Crippen molar-refractivity contribution >= 4 is 19.5 Å². The normalized spacial score (nSPS) is 20.0. The zero-order valence-corrected chi connectivity index (χ0v) is 18.3. The molecule has 0 fully saturated rings. The van der Waals surface area contributed by atoms with Crippen molar-refractivity contribution in [1.82, 2.24) is 0 Å². The van der Waals surface area contributed by atoms with E-state index in [1.165, 1.54) is 18.5 Å². The average Bonchev–Trinajstić information content (AvgIpc) is 3.11. The minimum absolute atomic E-state index is 0. The van der Waals surface area contributed by atoms with E-state index in [4.69, 9.17) is 0 Å². The molecular weight excluding hydrogens is 406 g/mol. The third kappa shape index (κ3) is 2.99. The predicted octanol–water partition coefficient (Wildman–Crippen LogP) is -2.57. The number of benzene rings is 2. The first-order chi connectivity index (χ1) is 9.84. The fourth-order valence-corrected chi connectivity index (χ4v) is 16.1. The summed E-state index contributed by atoms with van der Waals surface area (Å²) in [4.78, 5) is 0. The second-order valence-corrected chi connectivity index (χ2v) is 19.2. The molecule has 0 saturated heterocycles. The van der Waals surface area contributed by atoms with Crippen LogP contribution in [0.2, 0.25) is 0 Å². The quantitative estimate of drug-likeness (QED) is 0.466. The number of rotatable bonds is 2. The van der Waals surface area contributed by atoms with Crippen LogP contribution in [0, 0.1) is 0 Å². The van der Waals surface area contributed by atoms with E-state index in [9.17, 15) is 0 Å². The minimum atomic E-state index is -1.46. The number of hydrogen-bond acceptors (Lipinski definition) is 0. The molecule has 0 amide bonds. The second-order valence-electron chi connectivity index (χ2n) is 5.68. The molecule has 2 aliphatic rings. The monoisotopic (exact) mass is 421 g/mol. The number of halogens is 2. The Morgan fingerprint density at radius 3 is 1.55 bits per heavy atom. The van der Waals surface area contributed by atoms with E-state index in [1.54, 1.807) is 11.1 Å². The maximum absolute atomic E-state index is 2.50. The van der Waals surface area contributed by atoms with Gasteiger partial charge >= 0.3 is 131 Å². The summed E-state index contributed by atoms with van der Waals surface area (Å²) in [7, 11) is 1.41. The van der Waals surface area contributed by atoms with Crippen LogP contribution in [0.25, 0.3) is 12.2 Å². The Morgan fingerprint density at radius 1 is 0.682 bits per heavy atom. The van der Waals surface area contributed by atoms with Crippen molar-refractivity contribution in [1.29, 1.82) is 0 Å². The van der Waals surface area contributed by atoms with Gasteiger partial charge in [0, 0.05) is 0 Å². The van der Waals surface area contributed by atoms with E-state index in [0.717, 1.165) is 7.25 Å². The third-order valence-corrected chi connectivity index (χ3v) is 19.2. The number of fused-ring (bicyclic) bond motifs is 2. The molecule has 0 bridgehead atoms. The molecule has 0 N–H and O–H groups in total. The first-order valence-corrected chi connectivity index (χ1v) is 18.4. The molecule has 2 unspecified atom stereocenters. The number of hydrogen-bond donors (Lipinski definition) is 0. The van der Waals surface area contributed by atoms with Gasteiger partial charge in [-0.05, 0) is 0 Å². The van der Waals surface area contributed by atoms with Gasteiger partial charge in [0.05, 0.1) is 0 Å². The molecule has 0 radical (unpaired) electrons. The van der Waals surface area contributed by atoms with E-state index in [-0.39, 0.29) is 24.8 Å². The van der Waals surface area contributed by atoms with E-state index < -0.39 is 20.9 Å². The van der Waals surface area contributed by atoms with Crippen LogP contribution < -0.4 is 24.8 Å². The van der Waals surface area contributed by atoms with Crippen molar-refractivity contribution in [2.45, 2.75) is 7.25 Å². The van der Waals surface area contributed by atoms with Crippen LogP contribution in [-0.4, -0.2) is 7.37 Å². The van der Waals surface area contributed by atoms with Crippen LogP contribution >= 0.6 is 0 Å². The van der Waals surface area contributed by atoms with Crippen molar-refractivity contribution < 1.29 is 45.7 Å². The van der Waals surface area contributed by atoms with Gasteiger partial charge in [-0.15, -0.1) is 0 Å². The van der Waals surface area contributed by atoms with E-state index in [0.29, 0.717) is 0 Å². The van der Waals surface area contributed by atoms with E-state index >= 15 is 0 Å². The summed E-state index contributed by atoms with van der Waals surface area (Å²) in [5, 5.41) is 0. The molecule has 2 aromatic carbocycles. The predicted molar refractivity (Wildman–Crippen MR) is 86.4 cm³/mol. The van der Waals surface area contributed by atoms with Crippen molar-refractivity contribution in [3.63, 3.8) is 0 Å². The van der Waals surface area contributed by atoms with Gasteiger partial charge < -0.3 is 24.8 Å². The first-order valence-electron chi connectivity index (χ1n) is 7.22. The zero-order valence-electron chi connectivity index (χ0n) is 12.3. The summed E-state index contributed by atoms with van der Waals surface area (Å²) in [6, 6.07) is 18.0. The van der Waals surface area contributed by atoms with E-state index in [2.05, 4.69) is 72.8 Å². The zero-order chi connectivity index (χ0) is 13.5. The Bertz CT molecular complexity index is 665. The summed E-state index contributed by atoms with van der Waals surface area (Å²) in [5.41, 5.74) is 6.13. The molecule has 22 heavy (non-hydrogen) atoms. The molecule has 4 rings (SSSR count). The molecule has 2 atom stereocenters. The van der Waals surface area contributed by atoms with Gasteiger partial charge in [-0.1, -0.05) is 0 Å². The van der Waals surface area contributed by atoms with E-state index in [1.807, 2.05) is 0 Å². The number of allylic oxidation sites excluding steroid dienone is 2. The van der Waals surface area contributed by atoms with Crippen molar-refractivity contribution in [3.05, 3.63) is 82.9 Å². The van der Waals surface area contributed by atoms with Gasteiger partial charge in [0.15, 0.2) is 0 Å². The van der Waals surface area contributed by atoms with Crippen LogP contribution in [0.3, 0.4) is 0 Å². The molecule has 0 saturated carbocycles. The topological polar surface area (TPSA) is 0 Å².